The number of thioether (sulfide) groups is 2. The van der Waals surface area contributed by atoms with Crippen molar-refractivity contribution in [1.29, 1.82) is 0 Å². The van der Waals surface area contributed by atoms with Gasteiger partial charge in [0.25, 0.3) is 19.4 Å². The molecular weight excluding hydrogens is 1080 g/mol. The molecule has 14 heteroatoms. The maximum absolute atomic E-state index is 13.5. The van der Waals surface area contributed by atoms with Crippen LogP contribution in [-0.2, 0) is 60.3 Å². The number of allylic oxidation sites excluding steroid dienone is 1. The number of hydrogen-bond acceptors (Lipinski definition) is 13. The number of Topliss-reactive ketones (excluding diaryl/α,β-unsaturated/α-hetero) is 3. The summed E-state index contributed by atoms with van der Waals surface area (Å²) in [6.07, 6.45) is 34.7. The Morgan fingerprint density at radius 2 is 0.840 bits per heavy atom. The summed E-state index contributed by atoms with van der Waals surface area (Å²) >= 11 is 7.76. The minimum Gasteiger partial charge on any atom is -0.796 e. The van der Waals surface area contributed by atoms with Gasteiger partial charge >= 0.3 is 29.6 Å². The summed E-state index contributed by atoms with van der Waals surface area (Å²) in [5.41, 5.74) is -0.0205. The second kappa shape index (κ2) is 25.7. The number of rotatable bonds is 10. The van der Waals surface area contributed by atoms with E-state index in [4.69, 9.17) is 18.9 Å². The molecule has 16 rings (SSSR count). The first-order valence-corrected chi connectivity index (χ1v) is 35.4. The van der Waals surface area contributed by atoms with E-state index in [-0.39, 0.29) is 78.9 Å². The Hall–Kier alpha value is -0.830. The van der Waals surface area contributed by atoms with Gasteiger partial charge in [0.1, 0.15) is 28.4 Å². The van der Waals surface area contributed by atoms with E-state index in [0.29, 0.717) is 102 Å². The molecular formula is C67H103NaO10S3. The maximum Gasteiger partial charge on any atom is 1.00 e. The van der Waals surface area contributed by atoms with Gasteiger partial charge in [0.15, 0.2) is 5.78 Å². The van der Waals surface area contributed by atoms with Crippen LogP contribution >= 0.6 is 23.5 Å². The molecule has 6 bridgehead atoms. The van der Waals surface area contributed by atoms with Crippen LogP contribution in [0.25, 0.3) is 0 Å². The Labute approximate surface area is 524 Å². The van der Waals surface area contributed by atoms with Crippen LogP contribution in [-0.4, -0.2) is 97.1 Å². The van der Waals surface area contributed by atoms with Crippen molar-refractivity contribution >= 4 is 72.9 Å². The molecule has 81 heavy (non-hydrogen) atoms. The fourth-order valence-corrected chi connectivity index (χ4v) is 24.9. The SMILES string of the molecule is C1CCOC1.C=C1C(=O)[C@]23CC[C@H]1CC2[C@]1(C)CCC[C@@](C)(OC=O)[C@H]1CC3.CSC[C@@H]1C(=O)[C@]23CC[C@H]1CC2[C@]1(C)CCC[C@@](C)(OC=O)[C@H]1CC3.CSC[C@H]1C(=O)[C@]23CC[C@H]1CC2[C@]1(C)CCC[C@@](C)(OC=O)[C@H]1CC3.C[S-].[Na+]. The molecule has 1 aliphatic heterocycles. The van der Waals surface area contributed by atoms with Crippen LogP contribution in [0.1, 0.15) is 208 Å². The number of carbonyl (C=O) groups excluding carboxylic acids is 6. The van der Waals surface area contributed by atoms with Gasteiger partial charge in [-0.3, -0.25) is 28.8 Å². The zero-order valence-electron chi connectivity index (χ0n) is 51.8. The Kier molecular flexibility index (Phi) is 21.0. The van der Waals surface area contributed by atoms with Crippen LogP contribution in [0.5, 0.6) is 0 Å². The van der Waals surface area contributed by atoms with Gasteiger partial charge in [-0.1, -0.05) is 27.4 Å². The van der Waals surface area contributed by atoms with Crippen LogP contribution in [0.15, 0.2) is 12.2 Å². The van der Waals surface area contributed by atoms with E-state index in [1.165, 1.54) is 51.4 Å². The van der Waals surface area contributed by atoms with Crippen molar-refractivity contribution in [3.8, 4) is 0 Å². The number of ketones is 3. The predicted octanol–water partition coefficient (Wildman–Crippen LogP) is 11.0. The quantitative estimate of drug-likeness (QED) is 0.0675. The van der Waals surface area contributed by atoms with Crippen LogP contribution < -0.4 is 29.6 Å². The van der Waals surface area contributed by atoms with Gasteiger partial charge in [-0.05, 0) is 258 Å². The molecule has 3 spiro atoms. The first-order valence-electron chi connectivity index (χ1n) is 31.8. The molecule has 20 atom stereocenters. The van der Waals surface area contributed by atoms with Crippen molar-refractivity contribution in [2.45, 2.75) is 225 Å². The van der Waals surface area contributed by atoms with Gasteiger partial charge in [-0.25, -0.2) is 0 Å². The molecule has 450 valence electrons. The molecule has 0 aromatic carbocycles. The normalized spacial score (nSPS) is 48.1. The van der Waals surface area contributed by atoms with E-state index in [2.05, 4.69) is 73.3 Å². The van der Waals surface area contributed by atoms with E-state index >= 15 is 0 Å². The van der Waals surface area contributed by atoms with Crippen LogP contribution in [0.2, 0.25) is 0 Å². The number of ether oxygens (including phenoxy) is 4. The maximum atomic E-state index is 13.5. The fourth-order valence-electron chi connectivity index (χ4n) is 23.3. The molecule has 0 aromatic heterocycles. The summed E-state index contributed by atoms with van der Waals surface area (Å²) in [5, 5.41) is 0. The van der Waals surface area contributed by atoms with Crippen LogP contribution in [0, 0.1) is 97.6 Å². The predicted molar refractivity (Wildman–Crippen MR) is 322 cm³/mol. The summed E-state index contributed by atoms with van der Waals surface area (Å²) in [5.74, 6) is 8.35. The molecule has 15 aliphatic carbocycles. The third kappa shape index (κ3) is 10.9. The second-order valence-electron chi connectivity index (χ2n) is 29.6. The third-order valence-electron chi connectivity index (χ3n) is 26.8. The van der Waals surface area contributed by atoms with Crippen molar-refractivity contribution in [2.75, 3.05) is 43.5 Å². The molecule has 1 heterocycles. The minimum atomic E-state index is -0.354. The summed E-state index contributed by atoms with van der Waals surface area (Å²) in [6.45, 7) is 21.7. The van der Waals surface area contributed by atoms with E-state index in [1.807, 2.05) is 23.5 Å². The first-order chi connectivity index (χ1) is 38.2. The molecule has 15 saturated carbocycles. The zero-order valence-corrected chi connectivity index (χ0v) is 56.3. The largest absolute Gasteiger partial charge is 1.00 e. The average Bonchev–Trinajstić information content (AvgIpc) is 4.18. The summed E-state index contributed by atoms with van der Waals surface area (Å²) in [6, 6.07) is 0. The van der Waals surface area contributed by atoms with E-state index in [1.54, 1.807) is 6.26 Å². The molecule has 0 radical (unpaired) electrons. The van der Waals surface area contributed by atoms with E-state index in [0.717, 1.165) is 146 Å². The second-order valence-corrected chi connectivity index (χ2v) is 31.4. The van der Waals surface area contributed by atoms with Gasteiger partial charge in [0, 0.05) is 70.6 Å². The summed E-state index contributed by atoms with van der Waals surface area (Å²) in [7, 11) is 0. The molecule has 10 nitrogen and oxygen atoms in total. The third-order valence-corrected chi connectivity index (χ3v) is 28.1. The molecule has 0 amide bonds. The zero-order chi connectivity index (χ0) is 57.7. The summed E-state index contributed by atoms with van der Waals surface area (Å²) in [4.78, 5) is 73.5. The fraction of sp³-hybridized carbons (Fsp3) is 0.881. The Morgan fingerprint density at radius 3 is 1.19 bits per heavy atom. The molecule has 1 saturated heterocycles. The van der Waals surface area contributed by atoms with E-state index < -0.39 is 0 Å². The Balaban J connectivity index is 0.000000149. The van der Waals surface area contributed by atoms with Crippen LogP contribution in [0.3, 0.4) is 0 Å². The number of fused-ring (bicyclic) bond motifs is 9. The topological polar surface area (TPSA) is 139 Å². The molecule has 16 aliphatic rings. The molecule has 0 aromatic rings. The average molecular weight is 1190 g/mol. The van der Waals surface area contributed by atoms with Crippen molar-refractivity contribution < 1.29 is 77.3 Å². The standard InChI is InChI=1S/2C21H32O3S.C20H28O3.C4H8O.CH4S.Na/c2*1-19-7-4-8-20(2,24-13-22)16(19)6-10-21-9-5-14(11-17(19)21)15(12-25-3)18(21)23;1-13-14-5-9-20(17(13)22)10-6-15-18(2,16(20)11-14)7-4-8-19(15,3)23-12-21;1-2-4-5-3-1;1-2;/h2*13-17H,4-12H2,1-3H3;12,14-16H,1,4-11H2,2-3H3;1-4H2;2H,1H3;/q;;;;;+1/p-1/t14-,15+,16-,17?,19+,20+,21-;14-,15-,16-,17?,19+,20+,21-;14-,15-,16?,18+,19+,20-;;;/m000.../s1. The summed E-state index contributed by atoms with van der Waals surface area (Å²) < 4.78 is 21.9. The molecule has 3 unspecified atom stereocenters. The van der Waals surface area contributed by atoms with E-state index in [9.17, 15) is 28.8 Å². The van der Waals surface area contributed by atoms with Gasteiger partial charge in [0.05, 0.1) is 0 Å². The van der Waals surface area contributed by atoms with Gasteiger partial charge in [0.2, 0.25) is 0 Å². The Morgan fingerprint density at radius 1 is 0.494 bits per heavy atom. The van der Waals surface area contributed by atoms with Gasteiger partial charge < -0.3 is 31.6 Å². The van der Waals surface area contributed by atoms with Crippen molar-refractivity contribution in [3.05, 3.63) is 12.2 Å². The van der Waals surface area contributed by atoms with Crippen molar-refractivity contribution in [3.63, 3.8) is 0 Å². The van der Waals surface area contributed by atoms with Crippen molar-refractivity contribution in [2.24, 2.45) is 97.6 Å². The number of hydrogen-bond donors (Lipinski definition) is 0. The monoisotopic (exact) mass is 1190 g/mol. The van der Waals surface area contributed by atoms with Crippen molar-refractivity contribution in [1.82, 2.24) is 0 Å². The first kappa shape index (κ1) is 66.1. The molecule has 16 fully saturated rings. The van der Waals surface area contributed by atoms with Gasteiger partial charge in [-0.2, -0.15) is 29.8 Å². The minimum absolute atomic E-state index is 0. The number of carbonyl (C=O) groups is 6. The van der Waals surface area contributed by atoms with Crippen LogP contribution in [0.4, 0.5) is 0 Å². The van der Waals surface area contributed by atoms with Gasteiger partial charge in [-0.15, -0.1) is 0 Å². The smallest absolute Gasteiger partial charge is 0.796 e. The molecule has 0 N–H and O–H groups in total. The Bertz CT molecular complexity index is 2210.